The molecule has 1 atom stereocenters. The summed E-state index contributed by atoms with van der Waals surface area (Å²) in [7, 11) is 0. The van der Waals surface area contributed by atoms with Crippen molar-refractivity contribution in [1.29, 1.82) is 0 Å². The minimum Gasteiger partial charge on any atom is -0.360 e. The van der Waals surface area contributed by atoms with Crippen LogP contribution >= 0.6 is 0 Å². The maximum absolute atomic E-state index is 12.4. The molecule has 0 bridgehead atoms. The summed E-state index contributed by atoms with van der Waals surface area (Å²) in [5.41, 5.74) is 3.42. The zero-order valence-corrected chi connectivity index (χ0v) is 15.0. The van der Waals surface area contributed by atoms with Gasteiger partial charge < -0.3 is 15.2 Å². The van der Waals surface area contributed by atoms with Crippen LogP contribution in [0.5, 0.6) is 0 Å². The van der Waals surface area contributed by atoms with Gasteiger partial charge in [0.05, 0.1) is 22.4 Å². The average Bonchev–Trinajstić information content (AvgIpc) is 3.00. The molecule has 2 N–H and O–H groups in total. The maximum atomic E-state index is 12.4. The first kappa shape index (κ1) is 17.5. The van der Waals surface area contributed by atoms with E-state index in [2.05, 4.69) is 25.8 Å². The lowest BCUT2D eigenvalue weighted by molar-refractivity contribution is -0.117. The summed E-state index contributed by atoms with van der Waals surface area (Å²) in [4.78, 5) is 33.5. The molecule has 2 amide bonds. The van der Waals surface area contributed by atoms with Gasteiger partial charge in [-0.2, -0.15) is 0 Å². The summed E-state index contributed by atoms with van der Waals surface area (Å²) in [6, 6.07) is 5.91. The molecule has 134 valence electrons. The fourth-order valence-corrected chi connectivity index (χ4v) is 2.38. The number of benzene rings is 1. The van der Waals surface area contributed by atoms with Crippen molar-refractivity contribution in [3.63, 3.8) is 0 Å². The van der Waals surface area contributed by atoms with Gasteiger partial charge in [0.25, 0.3) is 5.91 Å². The van der Waals surface area contributed by atoms with Crippen molar-refractivity contribution < 1.29 is 14.1 Å². The monoisotopic (exact) mass is 353 g/mol. The van der Waals surface area contributed by atoms with E-state index in [1.54, 1.807) is 38.1 Å². The Morgan fingerprint density at radius 1 is 1.04 bits per heavy atom. The Balaban J connectivity index is 1.71. The fourth-order valence-electron chi connectivity index (χ4n) is 2.38. The van der Waals surface area contributed by atoms with E-state index in [1.165, 1.54) is 0 Å². The molecule has 8 nitrogen and oxygen atoms in total. The Labute approximate surface area is 150 Å². The van der Waals surface area contributed by atoms with Crippen LogP contribution in [-0.2, 0) is 4.79 Å². The molecule has 0 spiro atoms. The van der Waals surface area contributed by atoms with E-state index in [1.807, 2.05) is 13.8 Å². The molecule has 0 aliphatic heterocycles. The number of amides is 2. The number of nitrogens with one attached hydrogen (secondary N) is 2. The largest absolute Gasteiger partial charge is 0.360 e. The molecule has 2 aromatic heterocycles. The first-order valence-electron chi connectivity index (χ1n) is 8.13. The summed E-state index contributed by atoms with van der Waals surface area (Å²) >= 11 is 0. The molecule has 3 rings (SSSR count). The zero-order chi connectivity index (χ0) is 18.8. The molecule has 0 unspecified atom stereocenters. The molecule has 26 heavy (non-hydrogen) atoms. The summed E-state index contributed by atoms with van der Waals surface area (Å²) in [6.45, 7) is 7.07. The van der Waals surface area contributed by atoms with Crippen LogP contribution in [0.25, 0.3) is 11.0 Å². The second kappa shape index (κ2) is 6.91. The highest BCUT2D eigenvalue weighted by molar-refractivity contribution is 6.02. The number of aryl methyl sites for hydroxylation is 3. The number of hydrogen-bond donors (Lipinski definition) is 2. The van der Waals surface area contributed by atoms with Crippen LogP contribution in [0.4, 0.5) is 5.82 Å². The predicted octanol–water partition coefficient (Wildman–Crippen LogP) is 2.30. The molecule has 1 aromatic carbocycles. The summed E-state index contributed by atoms with van der Waals surface area (Å²) in [5.74, 6) is 0.129. The summed E-state index contributed by atoms with van der Waals surface area (Å²) < 4.78 is 4.89. The number of hydrogen-bond acceptors (Lipinski definition) is 6. The van der Waals surface area contributed by atoms with Crippen LogP contribution in [0, 0.1) is 20.8 Å². The van der Waals surface area contributed by atoms with Crippen molar-refractivity contribution >= 4 is 28.7 Å². The highest BCUT2D eigenvalue weighted by Crippen LogP contribution is 2.15. The number of carbonyl (C=O) groups is 2. The summed E-state index contributed by atoms with van der Waals surface area (Å²) in [6.07, 6.45) is 0. The van der Waals surface area contributed by atoms with E-state index >= 15 is 0 Å². The van der Waals surface area contributed by atoms with Crippen molar-refractivity contribution in [3.05, 3.63) is 47.0 Å². The maximum Gasteiger partial charge on any atom is 0.251 e. The Morgan fingerprint density at radius 2 is 1.73 bits per heavy atom. The van der Waals surface area contributed by atoms with Gasteiger partial charge >= 0.3 is 0 Å². The molecule has 2 heterocycles. The van der Waals surface area contributed by atoms with E-state index in [4.69, 9.17) is 4.52 Å². The van der Waals surface area contributed by atoms with Crippen LogP contribution in [-0.4, -0.2) is 33.0 Å². The van der Waals surface area contributed by atoms with Crippen molar-refractivity contribution in [2.45, 2.75) is 33.7 Å². The Hall–Kier alpha value is -3.29. The van der Waals surface area contributed by atoms with E-state index in [9.17, 15) is 9.59 Å². The minimum atomic E-state index is -0.749. The van der Waals surface area contributed by atoms with Crippen molar-refractivity contribution in [2.75, 3.05) is 5.32 Å². The van der Waals surface area contributed by atoms with Gasteiger partial charge in [-0.1, -0.05) is 5.16 Å². The number of fused-ring (bicyclic) bond motifs is 1. The normalized spacial score (nSPS) is 12.0. The van der Waals surface area contributed by atoms with Crippen LogP contribution in [0.15, 0.2) is 28.8 Å². The first-order valence-corrected chi connectivity index (χ1v) is 8.13. The van der Waals surface area contributed by atoms with Crippen molar-refractivity contribution in [1.82, 2.24) is 20.4 Å². The van der Waals surface area contributed by atoms with Gasteiger partial charge in [-0.15, -0.1) is 0 Å². The topological polar surface area (TPSA) is 110 Å². The zero-order valence-electron chi connectivity index (χ0n) is 15.0. The number of rotatable bonds is 4. The third kappa shape index (κ3) is 3.69. The average molecular weight is 353 g/mol. The van der Waals surface area contributed by atoms with Crippen LogP contribution in [0.1, 0.15) is 34.4 Å². The van der Waals surface area contributed by atoms with E-state index < -0.39 is 11.9 Å². The van der Waals surface area contributed by atoms with E-state index in [0.29, 0.717) is 22.7 Å². The molecule has 0 radical (unpaired) electrons. The van der Waals surface area contributed by atoms with E-state index in [-0.39, 0.29) is 5.91 Å². The van der Waals surface area contributed by atoms with Crippen molar-refractivity contribution in [3.8, 4) is 0 Å². The Kier molecular flexibility index (Phi) is 4.66. The smallest absolute Gasteiger partial charge is 0.251 e. The molecule has 0 saturated heterocycles. The Bertz CT molecular complexity index is 996. The van der Waals surface area contributed by atoms with Gasteiger partial charge in [0, 0.05) is 11.6 Å². The number of nitrogens with zero attached hydrogens (tertiary/aromatic N) is 3. The summed E-state index contributed by atoms with van der Waals surface area (Å²) in [5, 5.41) is 8.93. The van der Waals surface area contributed by atoms with Crippen LogP contribution in [0.3, 0.4) is 0 Å². The van der Waals surface area contributed by atoms with Crippen LogP contribution in [0.2, 0.25) is 0 Å². The molecule has 0 aliphatic carbocycles. The number of aromatic nitrogens is 3. The quantitative estimate of drug-likeness (QED) is 0.745. The van der Waals surface area contributed by atoms with Gasteiger partial charge in [0.1, 0.15) is 11.8 Å². The lowest BCUT2D eigenvalue weighted by Gasteiger charge is -2.13. The molecule has 3 aromatic rings. The lowest BCUT2D eigenvalue weighted by atomic mass is 10.1. The Morgan fingerprint density at radius 3 is 2.38 bits per heavy atom. The van der Waals surface area contributed by atoms with Gasteiger partial charge in [-0.05, 0) is 45.9 Å². The third-order valence-electron chi connectivity index (χ3n) is 3.96. The highest BCUT2D eigenvalue weighted by Gasteiger charge is 2.18. The number of carbonyl (C=O) groups excluding carboxylic acids is 2. The standard InChI is InChI=1S/C18H19N5O3/c1-9-7-16(23-26-9)22-17(24)12(4)21-18(25)13-5-6-14-15(8-13)20-11(3)10(2)19-14/h5-8,12H,1-4H3,(H,21,25)(H,22,23,24)/t12-/m1/s1. The van der Waals surface area contributed by atoms with Gasteiger partial charge in [0.2, 0.25) is 5.91 Å². The van der Waals surface area contributed by atoms with Crippen molar-refractivity contribution in [2.24, 2.45) is 0 Å². The van der Waals surface area contributed by atoms with Gasteiger partial charge in [-0.3, -0.25) is 9.59 Å². The second-order valence-electron chi connectivity index (χ2n) is 6.11. The molecule has 0 fully saturated rings. The fraction of sp³-hybridized carbons (Fsp3) is 0.278. The number of anilines is 1. The third-order valence-corrected chi connectivity index (χ3v) is 3.96. The van der Waals surface area contributed by atoms with E-state index in [0.717, 1.165) is 16.9 Å². The molecular weight excluding hydrogens is 334 g/mol. The molecule has 8 heteroatoms. The minimum absolute atomic E-state index is 0.306. The first-order chi connectivity index (χ1) is 12.3. The molecular formula is C18H19N5O3. The second-order valence-corrected chi connectivity index (χ2v) is 6.11. The lowest BCUT2D eigenvalue weighted by Crippen LogP contribution is -2.41. The highest BCUT2D eigenvalue weighted by atomic mass is 16.5. The molecule has 0 saturated carbocycles. The van der Waals surface area contributed by atoms with Gasteiger partial charge in [0.15, 0.2) is 5.82 Å². The predicted molar refractivity (Wildman–Crippen MR) is 95.8 cm³/mol. The van der Waals surface area contributed by atoms with Gasteiger partial charge in [-0.25, -0.2) is 9.97 Å². The molecule has 0 aliphatic rings. The van der Waals surface area contributed by atoms with Crippen LogP contribution < -0.4 is 10.6 Å². The SMILES string of the molecule is Cc1cc(NC(=O)[C@@H](C)NC(=O)c2ccc3nc(C)c(C)nc3c2)no1.